The molecular formula is C46H83O8P. The van der Waals surface area contributed by atoms with Crippen molar-refractivity contribution in [3.63, 3.8) is 0 Å². The van der Waals surface area contributed by atoms with E-state index in [1.54, 1.807) is 0 Å². The summed E-state index contributed by atoms with van der Waals surface area (Å²) in [6, 6.07) is 0. The Bertz CT molecular complexity index is 1030. The lowest BCUT2D eigenvalue weighted by Crippen LogP contribution is -2.29. The van der Waals surface area contributed by atoms with Gasteiger partial charge in [-0.1, -0.05) is 197 Å². The van der Waals surface area contributed by atoms with Gasteiger partial charge < -0.3 is 19.3 Å². The van der Waals surface area contributed by atoms with Crippen molar-refractivity contribution >= 4 is 19.8 Å². The van der Waals surface area contributed by atoms with Gasteiger partial charge in [0, 0.05) is 12.8 Å². The van der Waals surface area contributed by atoms with Gasteiger partial charge >= 0.3 is 19.8 Å². The van der Waals surface area contributed by atoms with E-state index >= 15 is 0 Å². The molecule has 0 saturated carbocycles. The number of hydrogen-bond donors (Lipinski definition) is 2. The first-order chi connectivity index (χ1) is 26.8. The normalized spacial score (nSPS) is 12.9. The van der Waals surface area contributed by atoms with Gasteiger partial charge in [-0.05, 0) is 51.4 Å². The predicted molar refractivity (Wildman–Crippen MR) is 230 cm³/mol. The van der Waals surface area contributed by atoms with Crippen molar-refractivity contribution in [1.29, 1.82) is 0 Å². The molecule has 55 heavy (non-hydrogen) atoms. The maximum atomic E-state index is 12.4. The SMILES string of the molecule is CC/C=C\C/C=C\C/C=C\C/C=C\CCCCCCCCCCC(=O)OC(COC(=O)CCCCCCCCCCCCCCCCCC)COP(=O)(O)O. The minimum absolute atomic E-state index is 0.203. The average Bonchev–Trinajstić information content (AvgIpc) is 3.16. The van der Waals surface area contributed by atoms with Crippen LogP contribution in [-0.4, -0.2) is 41.0 Å². The molecule has 0 aliphatic carbocycles. The number of allylic oxidation sites excluding steroid dienone is 8. The van der Waals surface area contributed by atoms with Gasteiger partial charge in [0.1, 0.15) is 6.61 Å². The largest absolute Gasteiger partial charge is 0.469 e. The molecule has 0 aliphatic heterocycles. The number of ether oxygens (including phenoxy) is 2. The number of carbonyl (C=O) groups is 2. The zero-order valence-electron chi connectivity index (χ0n) is 35.3. The Kier molecular flexibility index (Phi) is 40.1. The second kappa shape index (κ2) is 41.6. The summed E-state index contributed by atoms with van der Waals surface area (Å²) in [7, 11) is -4.76. The molecule has 2 N–H and O–H groups in total. The summed E-state index contributed by atoms with van der Waals surface area (Å²) in [6.07, 6.45) is 51.1. The Morgan fingerprint density at radius 2 is 0.873 bits per heavy atom. The summed E-state index contributed by atoms with van der Waals surface area (Å²) in [5.41, 5.74) is 0. The van der Waals surface area contributed by atoms with E-state index in [9.17, 15) is 14.2 Å². The van der Waals surface area contributed by atoms with E-state index in [2.05, 4.69) is 67.0 Å². The molecule has 320 valence electrons. The van der Waals surface area contributed by atoms with Crippen LogP contribution in [-0.2, 0) is 28.2 Å². The quantitative estimate of drug-likeness (QED) is 0.0272. The van der Waals surface area contributed by atoms with E-state index < -0.39 is 32.5 Å². The molecule has 0 aromatic heterocycles. The fraction of sp³-hybridized carbons (Fsp3) is 0.783. The van der Waals surface area contributed by atoms with Gasteiger partial charge in [-0.3, -0.25) is 14.1 Å². The first-order valence-corrected chi connectivity index (χ1v) is 24.0. The minimum Gasteiger partial charge on any atom is -0.462 e. The molecule has 0 aromatic rings. The number of carbonyl (C=O) groups excluding carboxylic acids is 2. The maximum Gasteiger partial charge on any atom is 0.469 e. The summed E-state index contributed by atoms with van der Waals surface area (Å²) < 4.78 is 26.4. The van der Waals surface area contributed by atoms with E-state index in [0.717, 1.165) is 70.6 Å². The fourth-order valence-corrected chi connectivity index (χ4v) is 6.67. The molecule has 0 rings (SSSR count). The third-order valence-corrected chi connectivity index (χ3v) is 10.1. The number of hydrogen-bond acceptors (Lipinski definition) is 6. The third kappa shape index (κ3) is 44.6. The van der Waals surface area contributed by atoms with Crippen LogP contribution >= 0.6 is 7.82 Å². The Hall–Kier alpha value is -1.99. The van der Waals surface area contributed by atoms with Gasteiger partial charge in [0.15, 0.2) is 6.10 Å². The number of esters is 2. The molecule has 0 aromatic carbocycles. The van der Waals surface area contributed by atoms with Crippen LogP contribution in [0.15, 0.2) is 48.6 Å². The Labute approximate surface area is 337 Å². The zero-order chi connectivity index (χ0) is 40.3. The van der Waals surface area contributed by atoms with E-state index in [-0.39, 0.29) is 19.4 Å². The van der Waals surface area contributed by atoms with Crippen LogP contribution in [0.5, 0.6) is 0 Å². The van der Waals surface area contributed by atoms with Crippen molar-refractivity contribution in [3.8, 4) is 0 Å². The number of phosphoric ester groups is 1. The first kappa shape index (κ1) is 53.0. The van der Waals surface area contributed by atoms with Crippen molar-refractivity contribution in [1.82, 2.24) is 0 Å². The highest BCUT2D eigenvalue weighted by molar-refractivity contribution is 7.46. The van der Waals surface area contributed by atoms with Crippen LogP contribution < -0.4 is 0 Å². The number of rotatable bonds is 41. The van der Waals surface area contributed by atoms with Crippen LogP contribution in [0.2, 0.25) is 0 Å². The molecule has 9 heteroatoms. The van der Waals surface area contributed by atoms with Crippen LogP contribution in [0.4, 0.5) is 0 Å². The molecule has 0 fully saturated rings. The topological polar surface area (TPSA) is 119 Å². The Morgan fingerprint density at radius 3 is 1.31 bits per heavy atom. The van der Waals surface area contributed by atoms with Crippen molar-refractivity contribution in [2.45, 2.75) is 219 Å². The average molecular weight is 795 g/mol. The van der Waals surface area contributed by atoms with Crippen molar-refractivity contribution in [3.05, 3.63) is 48.6 Å². The molecule has 0 aliphatic rings. The van der Waals surface area contributed by atoms with Gasteiger partial charge in [0.2, 0.25) is 0 Å². The molecule has 1 unspecified atom stereocenters. The van der Waals surface area contributed by atoms with Crippen LogP contribution in [0, 0.1) is 0 Å². The van der Waals surface area contributed by atoms with E-state index in [0.29, 0.717) is 6.42 Å². The highest BCUT2D eigenvalue weighted by Crippen LogP contribution is 2.36. The lowest BCUT2D eigenvalue weighted by molar-refractivity contribution is -0.161. The lowest BCUT2D eigenvalue weighted by Gasteiger charge is -2.18. The van der Waals surface area contributed by atoms with Gasteiger partial charge in [0.25, 0.3) is 0 Å². The second-order valence-electron chi connectivity index (χ2n) is 15.0. The van der Waals surface area contributed by atoms with Crippen LogP contribution in [0.3, 0.4) is 0 Å². The molecule has 0 saturated heterocycles. The van der Waals surface area contributed by atoms with Crippen LogP contribution in [0.25, 0.3) is 0 Å². The first-order valence-electron chi connectivity index (χ1n) is 22.4. The predicted octanol–water partition coefficient (Wildman–Crippen LogP) is 13.9. The van der Waals surface area contributed by atoms with Crippen molar-refractivity contribution < 1.29 is 37.9 Å². The molecule has 8 nitrogen and oxygen atoms in total. The maximum absolute atomic E-state index is 12.4. The lowest BCUT2D eigenvalue weighted by atomic mass is 10.0. The third-order valence-electron chi connectivity index (χ3n) is 9.61. The molecule has 0 spiro atoms. The summed E-state index contributed by atoms with van der Waals surface area (Å²) in [5.74, 6) is -0.888. The Morgan fingerprint density at radius 1 is 0.491 bits per heavy atom. The smallest absolute Gasteiger partial charge is 0.462 e. The van der Waals surface area contributed by atoms with E-state index in [1.807, 2.05) is 0 Å². The molecule has 0 radical (unpaired) electrons. The van der Waals surface area contributed by atoms with E-state index in [1.165, 1.54) is 109 Å². The van der Waals surface area contributed by atoms with Crippen LogP contribution in [0.1, 0.15) is 213 Å². The van der Waals surface area contributed by atoms with Crippen molar-refractivity contribution in [2.75, 3.05) is 13.2 Å². The zero-order valence-corrected chi connectivity index (χ0v) is 36.2. The van der Waals surface area contributed by atoms with Gasteiger partial charge in [-0.2, -0.15) is 0 Å². The minimum atomic E-state index is -4.76. The van der Waals surface area contributed by atoms with Crippen molar-refractivity contribution in [2.24, 2.45) is 0 Å². The summed E-state index contributed by atoms with van der Waals surface area (Å²) in [6.45, 7) is 3.59. The second-order valence-corrected chi connectivity index (χ2v) is 16.2. The summed E-state index contributed by atoms with van der Waals surface area (Å²) in [4.78, 5) is 42.9. The Balaban J connectivity index is 3.89. The van der Waals surface area contributed by atoms with Gasteiger partial charge in [-0.15, -0.1) is 0 Å². The summed E-state index contributed by atoms with van der Waals surface area (Å²) in [5, 5.41) is 0. The standard InChI is InChI=1S/C46H83O8P/c1-3-5-7-9-11-13-15-17-19-21-22-23-24-25-27-29-31-33-35-37-39-41-46(48)54-44(43-53-55(49,50)51)42-52-45(47)40-38-36-34-32-30-28-26-20-18-16-14-12-10-8-6-4-2/h5,7,11,13,17,19,22-23,44H,3-4,6,8-10,12,14-16,18,20-21,24-43H2,1-2H3,(H2,49,50,51)/b7-5-,13-11-,19-17-,23-22-. The fourth-order valence-electron chi connectivity index (χ4n) is 6.31. The molecule has 0 heterocycles. The monoisotopic (exact) mass is 795 g/mol. The highest BCUT2D eigenvalue weighted by Gasteiger charge is 2.22. The van der Waals surface area contributed by atoms with E-state index in [4.69, 9.17) is 19.3 Å². The highest BCUT2D eigenvalue weighted by atomic mass is 31.2. The van der Waals surface area contributed by atoms with Gasteiger partial charge in [0.05, 0.1) is 6.61 Å². The number of unbranched alkanes of at least 4 members (excludes halogenated alkanes) is 23. The molecule has 0 amide bonds. The molecule has 1 atom stereocenters. The van der Waals surface area contributed by atoms with Gasteiger partial charge in [-0.25, -0.2) is 4.57 Å². The molecular weight excluding hydrogens is 711 g/mol. The number of phosphoric acid groups is 1. The molecule has 0 bridgehead atoms. The summed E-state index contributed by atoms with van der Waals surface area (Å²) >= 11 is 0.